The van der Waals surface area contributed by atoms with Crippen LogP contribution in [-0.2, 0) is 22.6 Å². The number of aryl methyl sites for hydroxylation is 1. The van der Waals surface area contributed by atoms with E-state index in [4.69, 9.17) is 22.1 Å². The zero-order chi connectivity index (χ0) is 23.9. The Hall–Kier alpha value is -3.68. The van der Waals surface area contributed by atoms with Crippen LogP contribution in [0, 0.1) is 17.1 Å². The van der Waals surface area contributed by atoms with E-state index in [-0.39, 0.29) is 27.7 Å². The van der Waals surface area contributed by atoms with Crippen molar-refractivity contribution in [3.05, 3.63) is 64.8 Å². The van der Waals surface area contributed by atoms with Gasteiger partial charge in [-0.1, -0.05) is 29.8 Å². The molecule has 11 heteroatoms. The van der Waals surface area contributed by atoms with Crippen LogP contribution in [0.2, 0.25) is 5.02 Å². The number of fused-ring (bicyclic) bond motifs is 1. The number of nitriles is 1. The molecule has 8 nitrogen and oxygen atoms in total. The van der Waals surface area contributed by atoms with Gasteiger partial charge in [0.1, 0.15) is 40.3 Å². The number of halogens is 2. The van der Waals surface area contributed by atoms with Gasteiger partial charge in [-0.2, -0.15) is 5.26 Å². The number of nitrogen functional groups attached to an aromatic ring is 1. The average molecular weight is 486 g/mol. The number of nitrogens with zero attached hydrogens (tertiary/aromatic N) is 4. The van der Waals surface area contributed by atoms with Gasteiger partial charge in [0.05, 0.1) is 28.8 Å². The van der Waals surface area contributed by atoms with Crippen molar-refractivity contribution in [2.45, 2.75) is 10.6 Å². The maximum atomic E-state index is 14.6. The van der Waals surface area contributed by atoms with Gasteiger partial charge in [0.25, 0.3) is 0 Å². The van der Waals surface area contributed by atoms with Crippen molar-refractivity contribution in [2.24, 2.45) is 7.05 Å². The molecule has 0 atom stereocenters. The van der Waals surface area contributed by atoms with E-state index in [1.807, 2.05) is 0 Å². The molecule has 2 heterocycles. The minimum Gasteiger partial charge on any atom is -0.495 e. The fraction of sp³-hybridized carbons (Fsp3) is 0.136. The van der Waals surface area contributed by atoms with E-state index in [1.165, 1.54) is 19.5 Å². The lowest BCUT2D eigenvalue weighted by molar-refractivity contribution is 0.410. The lowest BCUT2D eigenvalue weighted by atomic mass is 9.97. The number of nitrogens with two attached hydrogens (primary N) is 1. The molecule has 2 aromatic heterocycles. The molecular formula is C22H17ClFN5O3S. The highest BCUT2D eigenvalue weighted by Crippen LogP contribution is 2.36. The maximum Gasteiger partial charge on any atom is 0.185 e. The largest absolute Gasteiger partial charge is 0.495 e. The van der Waals surface area contributed by atoms with Crippen LogP contribution in [-0.4, -0.2) is 30.1 Å². The van der Waals surface area contributed by atoms with Gasteiger partial charge in [0.15, 0.2) is 9.84 Å². The van der Waals surface area contributed by atoms with Crippen molar-refractivity contribution in [3.63, 3.8) is 0 Å². The summed E-state index contributed by atoms with van der Waals surface area (Å²) >= 11 is 6.01. The van der Waals surface area contributed by atoms with Crippen LogP contribution in [0.15, 0.2) is 47.8 Å². The quantitative estimate of drug-likeness (QED) is 0.455. The number of rotatable bonds is 5. The van der Waals surface area contributed by atoms with Crippen molar-refractivity contribution in [1.29, 1.82) is 5.26 Å². The SMILES string of the molecule is COc1cc(F)c(S(=O)(=O)Cc2cccc(-c3cn(C)c4ncnc(N)c34)c2C#N)cc1Cl. The standard InChI is InChI=1S/C22H17ClFN5O3S/c1-29-9-15(20-21(26)27-11-28-22(20)29)13-5-3-4-12(14(13)8-25)10-33(30,31)19-6-16(23)18(32-2)7-17(19)24/h3-7,9,11H,10H2,1-2H3,(H2,26,27,28). The van der Waals surface area contributed by atoms with Crippen LogP contribution in [0.5, 0.6) is 5.75 Å². The molecule has 0 spiro atoms. The van der Waals surface area contributed by atoms with Gasteiger partial charge in [-0.3, -0.25) is 0 Å². The first kappa shape index (κ1) is 22.5. The molecule has 0 radical (unpaired) electrons. The van der Waals surface area contributed by atoms with Gasteiger partial charge in [-0.05, 0) is 11.6 Å². The number of sulfone groups is 1. The van der Waals surface area contributed by atoms with Gasteiger partial charge in [-0.25, -0.2) is 22.8 Å². The Morgan fingerprint density at radius 1 is 1.27 bits per heavy atom. The van der Waals surface area contributed by atoms with Gasteiger partial charge in [-0.15, -0.1) is 0 Å². The van der Waals surface area contributed by atoms with Gasteiger partial charge < -0.3 is 15.0 Å². The Morgan fingerprint density at radius 2 is 2.03 bits per heavy atom. The molecule has 0 aliphatic rings. The lowest BCUT2D eigenvalue weighted by Crippen LogP contribution is -2.09. The van der Waals surface area contributed by atoms with Gasteiger partial charge in [0.2, 0.25) is 0 Å². The summed E-state index contributed by atoms with van der Waals surface area (Å²) in [4.78, 5) is 7.67. The van der Waals surface area contributed by atoms with E-state index >= 15 is 0 Å². The predicted molar refractivity (Wildman–Crippen MR) is 122 cm³/mol. The highest BCUT2D eigenvalue weighted by molar-refractivity contribution is 7.90. The highest BCUT2D eigenvalue weighted by Gasteiger charge is 2.25. The first-order valence-corrected chi connectivity index (χ1v) is 11.5. The van der Waals surface area contributed by atoms with Crippen LogP contribution in [0.25, 0.3) is 22.2 Å². The molecule has 0 saturated heterocycles. The van der Waals surface area contributed by atoms with E-state index in [2.05, 4.69) is 16.0 Å². The summed E-state index contributed by atoms with van der Waals surface area (Å²) in [5, 5.41) is 10.4. The number of aromatic nitrogens is 3. The highest BCUT2D eigenvalue weighted by atomic mass is 35.5. The number of hydrogen-bond acceptors (Lipinski definition) is 7. The average Bonchev–Trinajstić information content (AvgIpc) is 3.12. The third-order valence-corrected chi connectivity index (χ3v) is 7.19. The smallest absolute Gasteiger partial charge is 0.185 e. The molecule has 0 unspecified atom stereocenters. The Balaban J connectivity index is 1.85. The third kappa shape index (κ3) is 3.86. The number of hydrogen-bond donors (Lipinski definition) is 1. The summed E-state index contributed by atoms with van der Waals surface area (Å²) in [6.45, 7) is 0. The monoisotopic (exact) mass is 485 g/mol. The van der Waals surface area contributed by atoms with E-state index in [1.54, 1.807) is 29.9 Å². The predicted octanol–water partition coefficient (Wildman–Crippen LogP) is 3.86. The molecule has 2 aromatic carbocycles. The molecule has 0 aliphatic carbocycles. The maximum absolute atomic E-state index is 14.6. The number of methoxy groups -OCH3 is 1. The molecule has 4 rings (SSSR count). The molecule has 0 bridgehead atoms. The van der Waals surface area contributed by atoms with E-state index in [9.17, 15) is 18.1 Å². The summed E-state index contributed by atoms with van der Waals surface area (Å²) in [5.74, 6) is -1.36. The second-order valence-corrected chi connectivity index (χ2v) is 9.60. The van der Waals surface area contributed by atoms with Crippen LogP contribution in [0.4, 0.5) is 10.2 Å². The second-order valence-electron chi connectivity index (χ2n) is 7.24. The molecule has 33 heavy (non-hydrogen) atoms. The molecule has 168 valence electrons. The molecule has 4 aromatic rings. The van der Waals surface area contributed by atoms with Gasteiger partial charge >= 0.3 is 0 Å². The number of ether oxygens (including phenoxy) is 1. The van der Waals surface area contributed by atoms with Crippen molar-refractivity contribution in [1.82, 2.24) is 14.5 Å². The first-order valence-electron chi connectivity index (χ1n) is 9.51. The van der Waals surface area contributed by atoms with Gasteiger partial charge in [0, 0.05) is 30.4 Å². The van der Waals surface area contributed by atoms with E-state index in [0.29, 0.717) is 22.2 Å². The topological polar surface area (TPSA) is 124 Å². The first-order chi connectivity index (χ1) is 15.7. The summed E-state index contributed by atoms with van der Waals surface area (Å²) in [5.41, 5.74) is 8.00. The molecule has 0 aliphatic heterocycles. The van der Waals surface area contributed by atoms with Crippen LogP contribution < -0.4 is 10.5 Å². The van der Waals surface area contributed by atoms with Crippen LogP contribution >= 0.6 is 11.6 Å². The Labute approximate surface area is 193 Å². The zero-order valence-electron chi connectivity index (χ0n) is 17.5. The summed E-state index contributed by atoms with van der Waals surface area (Å²) in [6, 6.07) is 8.81. The number of anilines is 1. The molecule has 0 amide bonds. The fourth-order valence-electron chi connectivity index (χ4n) is 3.70. The molecule has 2 N–H and O–H groups in total. The second kappa shape index (κ2) is 8.35. The van der Waals surface area contributed by atoms with Crippen molar-refractivity contribution in [2.75, 3.05) is 12.8 Å². The number of benzene rings is 2. The van der Waals surface area contributed by atoms with Crippen molar-refractivity contribution in [3.8, 4) is 22.9 Å². The summed E-state index contributed by atoms with van der Waals surface area (Å²) in [6.07, 6.45) is 3.08. The summed E-state index contributed by atoms with van der Waals surface area (Å²) < 4.78 is 47.4. The van der Waals surface area contributed by atoms with E-state index < -0.39 is 26.3 Å². The minimum atomic E-state index is -4.19. The normalized spacial score (nSPS) is 11.5. The van der Waals surface area contributed by atoms with Crippen molar-refractivity contribution < 1.29 is 17.5 Å². The third-order valence-electron chi connectivity index (χ3n) is 5.22. The molecule has 0 fully saturated rings. The van der Waals surface area contributed by atoms with Crippen LogP contribution in [0.3, 0.4) is 0 Å². The van der Waals surface area contributed by atoms with Crippen molar-refractivity contribution >= 4 is 38.3 Å². The van der Waals surface area contributed by atoms with E-state index in [0.717, 1.165) is 12.1 Å². The van der Waals surface area contributed by atoms with Crippen LogP contribution in [0.1, 0.15) is 11.1 Å². The lowest BCUT2D eigenvalue weighted by Gasteiger charge is -2.12. The Morgan fingerprint density at radius 3 is 2.73 bits per heavy atom. The minimum absolute atomic E-state index is 0.0172. The summed E-state index contributed by atoms with van der Waals surface area (Å²) in [7, 11) is -1.12. The zero-order valence-corrected chi connectivity index (χ0v) is 19.1. The molecule has 0 saturated carbocycles. The Bertz CT molecular complexity index is 1560. The molecular weight excluding hydrogens is 469 g/mol. The Kier molecular flexibility index (Phi) is 5.69. The fourth-order valence-corrected chi connectivity index (χ4v) is 5.47.